The third kappa shape index (κ3) is 1.91. The Hall–Kier alpha value is -0.540. The van der Waals surface area contributed by atoms with Gasteiger partial charge in [0.15, 0.2) is 0 Å². The van der Waals surface area contributed by atoms with E-state index < -0.39 is 12.1 Å². The summed E-state index contributed by atoms with van der Waals surface area (Å²) in [5.74, 6) is -0.806. The zero-order valence-corrected chi connectivity index (χ0v) is 9.48. The molecule has 1 saturated carbocycles. The van der Waals surface area contributed by atoms with E-state index in [1.165, 1.54) is 0 Å². The number of ketones is 1. The molecule has 0 bridgehead atoms. The van der Waals surface area contributed by atoms with Crippen LogP contribution in [0.25, 0.3) is 0 Å². The van der Waals surface area contributed by atoms with Gasteiger partial charge in [0.05, 0.1) is 11.0 Å². The fourth-order valence-corrected chi connectivity index (χ4v) is 2.46. The number of halogens is 2. The summed E-state index contributed by atoms with van der Waals surface area (Å²) in [6.45, 7) is 0. The van der Waals surface area contributed by atoms with Crippen LogP contribution in [0.2, 0.25) is 0 Å². The van der Waals surface area contributed by atoms with E-state index >= 15 is 0 Å². The first-order chi connectivity index (χ1) is 7.11. The summed E-state index contributed by atoms with van der Waals surface area (Å²) in [7, 11) is 0. The fourth-order valence-electron chi connectivity index (χ4n) is 2.03. The van der Waals surface area contributed by atoms with Gasteiger partial charge in [-0.2, -0.15) is 0 Å². The van der Waals surface area contributed by atoms with Crippen molar-refractivity contribution in [2.45, 2.75) is 31.8 Å². The monoisotopic (exact) mass is 248 g/mol. The predicted octanol–water partition coefficient (Wildman–Crippen LogP) is 2.36. The van der Waals surface area contributed by atoms with Crippen molar-refractivity contribution >= 4 is 35.0 Å². The van der Waals surface area contributed by atoms with E-state index in [9.17, 15) is 9.59 Å². The summed E-state index contributed by atoms with van der Waals surface area (Å²) in [5.41, 5.74) is 0. The van der Waals surface area contributed by atoms with Crippen LogP contribution in [0, 0.1) is 5.92 Å². The van der Waals surface area contributed by atoms with E-state index in [1.807, 2.05) is 0 Å². The van der Waals surface area contributed by atoms with E-state index in [2.05, 4.69) is 0 Å². The minimum atomic E-state index is -0.639. The predicted molar refractivity (Wildman–Crippen MR) is 55.6 cm³/mol. The standard InChI is InChI=1S/C10H10Cl2O3/c11-7-8(12)10(14)15-9(7)5-3-1-2-4-6(5)13/h5,9H,1-4H2/t5-,9-/m1/s1. The Morgan fingerprint density at radius 1 is 1.20 bits per heavy atom. The highest BCUT2D eigenvalue weighted by Gasteiger charge is 2.41. The van der Waals surface area contributed by atoms with E-state index in [0.29, 0.717) is 6.42 Å². The molecule has 2 atom stereocenters. The summed E-state index contributed by atoms with van der Waals surface area (Å²) in [5, 5.41) is 0.0990. The molecule has 0 spiro atoms. The van der Waals surface area contributed by atoms with Crippen molar-refractivity contribution < 1.29 is 14.3 Å². The molecule has 1 heterocycles. The van der Waals surface area contributed by atoms with Gasteiger partial charge in [0.25, 0.3) is 0 Å². The number of carbonyl (C=O) groups is 2. The largest absolute Gasteiger partial charge is 0.451 e. The summed E-state index contributed by atoms with van der Waals surface area (Å²) in [4.78, 5) is 22.8. The van der Waals surface area contributed by atoms with Crippen LogP contribution >= 0.6 is 23.2 Å². The Bertz CT molecular complexity index is 349. The number of rotatable bonds is 1. The van der Waals surface area contributed by atoms with Crippen LogP contribution in [0.5, 0.6) is 0 Å². The van der Waals surface area contributed by atoms with E-state index in [-0.39, 0.29) is 21.8 Å². The van der Waals surface area contributed by atoms with Crippen molar-refractivity contribution in [1.82, 2.24) is 0 Å². The smallest absolute Gasteiger partial charge is 0.351 e. The van der Waals surface area contributed by atoms with Gasteiger partial charge in [0, 0.05) is 6.42 Å². The van der Waals surface area contributed by atoms with Crippen LogP contribution in [-0.2, 0) is 14.3 Å². The number of hydrogen-bond acceptors (Lipinski definition) is 3. The molecule has 0 aromatic heterocycles. The summed E-state index contributed by atoms with van der Waals surface area (Å²) < 4.78 is 5.00. The molecule has 0 radical (unpaired) electrons. The molecular weight excluding hydrogens is 239 g/mol. The second-order valence-electron chi connectivity index (χ2n) is 3.81. The molecule has 1 fully saturated rings. The molecule has 5 heteroatoms. The lowest BCUT2D eigenvalue weighted by Gasteiger charge is -2.25. The van der Waals surface area contributed by atoms with Crippen molar-refractivity contribution in [3.8, 4) is 0 Å². The van der Waals surface area contributed by atoms with Gasteiger partial charge in [-0.25, -0.2) is 4.79 Å². The van der Waals surface area contributed by atoms with Gasteiger partial charge in [0.1, 0.15) is 16.9 Å². The molecule has 0 aromatic carbocycles. The lowest BCUT2D eigenvalue weighted by molar-refractivity contribution is -0.144. The zero-order valence-electron chi connectivity index (χ0n) is 7.96. The maximum absolute atomic E-state index is 11.6. The Morgan fingerprint density at radius 3 is 2.47 bits per heavy atom. The molecular formula is C10H10Cl2O3. The highest BCUT2D eigenvalue weighted by atomic mass is 35.5. The highest BCUT2D eigenvalue weighted by Crippen LogP contribution is 2.37. The molecule has 1 aliphatic heterocycles. The minimum Gasteiger partial charge on any atom is -0.451 e. The molecule has 0 N–H and O–H groups in total. The van der Waals surface area contributed by atoms with Crippen molar-refractivity contribution in [1.29, 1.82) is 0 Å². The van der Waals surface area contributed by atoms with E-state index in [1.54, 1.807) is 0 Å². The third-order valence-electron chi connectivity index (χ3n) is 2.84. The Labute approximate surface area is 97.4 Å². The number of hydrogen-bond donors (Lipinski definition) is 0. The van der Waals surface area contributed by atoms with Gasteiger partial charge in [0.2, 0.25) is 0 Å². The maximum Gasteiger partial charge on any atom is 0.351 e. The number of esters is 1. The first-order valence-corrected chi connectivity index (χ1v) is 5.65. The van der Waals surface area contributed by atoms with Gasteiger partial charge in [-0.15, -0.1) is 0 Å². The molecule has 0 amide bonds. The molecule has 0 saturated heterocycles. The molecule has 2 rings (SSSR count). The topological polar surface area (TPSA) is 43.4 Å². The van der Waals surface area contributed by atoms with Gasteiger partial charge in [-0.3, -0.25) is 4.79 Å². The summed E-state index contributed by atoms with van der Waals surface area (Å²) in [6.07, 6.45) is 2.49. The Balaban J connectivity index is 2.18. The number of cyclic esters (lactones) is 1. The van der Waals surface area contributed by atoms with Crippen molar-refractivity contribution in [3.05, 3.63) is 10.1 Å². The zero-order chi connectivity index (χ0) is 11.0. The fraction of sp³-hybridized carbons (Fsp3) is 0.600. The molecule has 0 aromatic rings. The SMILES string of the molecule is O=C1O[C@H]([C@@H]2CCCCC2=O)C(Cl)=C1Cl. The minimum absolute atomic E-state index is 0.0833. The molecule has 2 aliphatic rings. The van der Waals surface area contributed by atoms with Crippen molar-refractivity contribution in [2.75, 3.05) is 0 Å². The normalized spacial score (nSPS) is 32.1. The lowest BCUT2D eigenvalue weighted by atomic mass is 9.84. The summed E-state index contributed by atoms with van der Waals surface area (Å²) >= 11 is 11.5. The third-order valence-corrected chi connectivity index (χ3v) is 3.70. The van der Waals surface area contributed by atoms with Crippen LogP contribution in [0.4, 0.5) is 0 Å². The van der Waals surface area contributed by atoms with Crippen molar-refractivity contribution in [3.63, 3.8) is 0 Å². The first kappa shape index (κ1) is 11.0. The highest BCUT2D eigenvalue weighted by molar-refractivity contribution is 6.48. The number of Topliss-reactive ketones (excluding diaryl/α,β-unsaturated/α-hetero) is 1. The molecule has 82 valence electrons. The number of carbonyl (C=O) groups excluding carboxylic acids is 2. The average Bonchev–Trinajstić information content (AvgIpc) is 2.47. The van der Waals surface area contributed by atoms with Crippen LogP contribution in [0.15, 0.2) is 10.1 Å². The summed E-state index contributed by atoms with van der Waals surface area (Å²) in [6, 6.07) is 0. The van der Waals surface area contributed by atoms with E-state index in [4.69, 9.17) is 27.9 Å². The first-order valence-electron chi connectivity index (χ1n) is 4.90. The van der Waals surface area contributed by atoms with Crippen molar-refractivity contribution in [2.24, 2.45) is 5.92 Å². The van der Waals surface area contributed by atoms with Gasteiger partial charge in [-0.1, -0.05) is 29.6 Å². The number of ether oxygens (including phenoxy) is 1. The lowest BCUT2D eigenvalue weighted by Crippen LogP contribution is -2.31. The van der Waals surface area contributed by atoms with Crippen LogP contribution in [0.1, 0.15) is 25.7 Å². The van der Waals surface area contributed by atoms with Gasteiger partial charge >= 0.3 is 5.97 Å². The van der Waals surface area contributed by atoms with Gasteiger partial charge in [-0.05, 0) is 12.8 Å². The Morgan fingerprint density at radius 2 is 1.93 bits per heavy atom. The maximum atomic E-state index is 11.6. The molecule has 0 unspecified atom stereocenters. The molecule has 15 heavy (non-hydrogen) atoms. The second-order valence-corrected chi connectivity index (χ2v) is 4.59. The average molecular weight is 249 g/mol. The molecule has 3 nitrogen and oxygen atoms in total. The van der Waals surface area contributed by atoms with E-state index in [0.717, 1.165) is 19.3 Å². The quantitative estimate of drug-likeness (QED) is 0.670. The van der Waals surface area contributed by atoms with Crippen LogP contribution < -0.4 is 0 Å². The Kier molecular flexibility index (Phi) is 3.03. The van der Waals surface area contributed by atoms with Crippen LogP contribution in [0.3, 0.4) is 0 Å². The second kappa shape index (κ2) is 4.14. The van der Waals surface area contributed by atoms with Gasteiger partial charge < -0.3 is 4.74 Å². The molecule has 1 aliphatic carbocycles. The van der Waals surface area contributed by atoms with Crippen LogP contribution in [-0.4, -0.2) is 17.9 Å².